The van der Waals surface area contributed by atoms with Crippen molar-refractivity contribution in [3.05, 3.63) is 205 Å². The van der Waals surface area contributed by atoms with Crippen LogP contribution in [0.5, 0.6) is 11.5 Å². The molecule has 8 rings (SSSR count). The van der Waals surface area contributed by atoms with Crippen LogP contribution in [0.4, 0.5) is 11.4 Å². The van der Waals surface area contributed by atoms with Crippen LogP contribution in [0, 0.1) is 0 Å². The average molecular weight is 754 g/mol. The van der Waals surface area contributed by atoms with Gasteiger partial charge in [0.05, 0.1) is 5.69 Å². The molecule has 0 fully saturated rings. The molecule has 0 spiro atoms. The molecule has 0 saturated carbocycles. The molecule has 58 heavy (non-hydrogen) atoms. The molecule has 8 aromatic rings. The van der Waals surface area contributed by atoms with Crippen molar-refractivity contribution < 1.29 is 4.74 Å². The molecule has 0 aliphatic heterocycles. The highest BCUT2D eigenvalue weighted by Gasteiger charge is 2.22. The summed E-state index contributed by atoms with van der Waals surface area (Å²) in [6.45, 7) is 13.8. The molecule has 0 amide bonds. The van der Waals surface area contributed by atoms with Crippen LogP contribution >= 0.6 is 0 Å². The number of ether oxygens (including phenoxy) is 1. The lowest BCUT2D eigenvalue weighted by molar-refractivity contribution is 0.483. The Labute approximate surface area is 344 Å². The fraction of sp³-hybridized carbons (Fsp3) is 0.143. The Balaban J connectivity index is 1.33. The minimum Gasteiger partial charge on any atom is -0.457 e. The van der Waals surface area contributed by atoms with Gasteiger partial charge in [0, 0.05) is 22.9 Å². The number of hydrogen-bond acceptors (Lipinski definition) is 2. The lowest BCUT2D eigenvalue weighted by Gasteiger charge is -2.26. The smallest absolute Gasteiger partial charge is 0.130 e. The third-order valence-electron chi connectivity index (χ3n) is 10.8. The van der Waals surface area contributed by atoms with Gasteiger partial charge in [-0.25, -0.2) is 0 Å². The Morgan fingerprint density at radius 2 is 0.741 bits per heavy atom. The fourth-order valence-electron chi connectivity index (χ4n) is 7.47. The minimum atomic E-state index is -0.0290. The maximum absolute atomic E-state index is 6.84. The molecule has 8 aromatic carbocycles. The molecule has 0 saturated heterocycles. The summed E-state index contributed by atoms with van der Waals surface area (Å²) >= 11 is 0. The summed E-state index contributed by atoms with van der Waals surface area (Å²) in [5.74, 6) is 1.54. The summed E-state index contributed by atoms with van der Waals surface area (Å²) in [6.07, 6.45) is 0. The van der Waals surface area contributed by atoms with E-state index in [-0.39, 0.29) is 10.8 Å². The van der Waals surface area contributed by atoms with Gasteiger partial charge >= 0.3 is 0 Å². The molecule has 2 nitrogen and oxygen atoms in total. The highest BCUT2D eigenvalue weighted by Crippen LogP contribution is 2.44. The second-order valence-electron chi connectivity index (χ2n) is 17.2. The third kappa shape index (κ3) is 8.67. The highest BCUT2D eigenvalue weighted by atomic mass is 16.5. The number of hydrogen-bond donors (Lipinski definition) is 1. The molecule has 0 bridgehead atoms. The Morgan fingerprint density at radius 1 is 0.328 bits per heavy atom. The molecular formula is C56H51NO. The number of rotatable bonds is 9. The Kier molecular flexibility index (Phi) is 10.6. The summed E-state index contributed by atoms with van der Waals surface area (Å²) in [7, 11) is 0. The van der Waals surface area contributed by atoms with Crippen molar-refractivity contribution in [2.24, 2.45) is 0 Å². The van der Waals surface area contributed by atoms with Crippen LogP contribution in [0.3, 0.4) is 0 Å². The van der Waals surface area contributed by atoms with Crippen LogP contribution in [0.25, 0.3) is 55.6 Å². The van der Waals surface area contributed by atoms with E-state index in [4.69, 9.17) is 4.74 Å². The molecule has 2 heteroatoms. The third-order valence-corrected chi connectivity index (χ3v) is 10.8. The van der Waals surface area contributed by atoms with E-state index in [9.17, 15) is 0 Å². The standard InChI is InChI=1S/C56H51NO/c1-55(2,3)47-30-44(31-48(37-47)56(4,5)6)45-32-49(38-51(34-45)58-50-29-19-28-43(33-50)39-20-11-7-12-21-39)57-54-52(41-24-15-9-16-25-41)35-46(40-22-13-8-14-23-40)36-53(54)42-26-17-10-18-27-42/h7-38,57H,1-6H3. The first-order valence-corrected chi connectivity index (χ1v) is 20.2. The molecule has 1 N–H and O–H groups in total. The second-order valence-corrected chi connectivity index (χ2v) is 17.2. The zero-order valence-corrected chi connectivity index (χ0v) is 34.4. The van der Waals surface area contributed by atoms with Crippen molar-refractivity contribution in [3.8, 4) is 67.1 Å². The normalized spacial score (nSPS) is 11.6. The van der Waals surface area contributed by atoms with Crippen LogP contribution in [0.15, 0.2) is 194 Å². The number of anilines is 2. The van der Waals surface area contributed by atoms with Crippen molar-refractivity contribution in [2.75, 3.05) is 5.32 Å². The molecular weight excluding hydrogens is 703 g/mol. The van der Waals surface area contributed by atoms with E-state index in [1.807, 2.05) is 12.1 Å². The molecule has 286 valence electrons. The summed E-state index contributed by atoms with van der Waals surface area (Å²) in [5, 5.41) is 4.00. The SMILES string of the molecule is CC(C)(C)c1cc(-c2cc(Nc3c(-c4ccccc4)cc(-c4ccccc4)cc3-c3ccccc3)cc(Oc3cccc(-c4ccccc4)c3)c2)cc(C(C)(C)C)c1. The van der Waals surface area contributed by atoms with Gasteiger partial charge < -0.3 is 10.1 Å². The maximum atomic E-state index is 6.84. The van der Waals surface area contributed by atoms with Crippen molar-refractivity contribution in [1.29, 1.82) is 0 Å². The lowest BCUT2D eigenvalue weighted by Crippen LogP contribution is -2.16. The largest absolute Gasteiger partial charge is 0.457 e. The van der Waals surface area contributed by atoms with Gasteiger partial charge in [0.15, 0.2) is 0 Å². The number of nitrogens with one attached hydrogen (secondary N) is 1. The van der Waals surface area contributed by atoms with Crippen molar-refractivity contribution >= 4 is 11.4 Å². The first-order chi connectivity index (χ1) is 28.0. The number of benzene rings is 8. The Morgan fingerprint density at radius 3 is 1.24 bits per heavy atom. The van der Waals surface area contributed by atoms with E-state index in [1.54, 1.807) is 0 Å². The van der Waals surface area contributed by atoms with E-state index >= 15 is 0 Å². The second kappa shape index (κ2) is 16.1. The summed E-state index contributed by atoms with van der Waals surface area (Å²) in [6, 6.07) is 69.2. The first-order valence-electron chi connectivity index (χ1n) is 20.2. The van der Waals surface area contributed by atoms with Crippen LogP contribution in [0.2, 0.25) is 0 Å². The van der Waals surface area contributed by atoms with Gasteiger partial charge in [0.1, 0.15) is 11.5 Å². The molecule has 0 atom stereocenters. The van der Waals surface area contributed by atoms with E-state index in [0.717, 1.165) is 72.9 Å². The van der Waals surface area contributed by atoms with Gasteiger partial charge in [-0.05, 0) is 103 Å². The zero-order chi connectivity index (χ0) is 40.3. The maximum Gasteiger partial charge on any atom is 0.130 e. The van der Waals surface area contributed by atoms with Gasteiger partial charge in [-0.15, -0.1) is 0 Å². The van der Waals surface area contributed by atoms with Crippen molar-refractivity contribution in [1.82, 2.24) is 0 Å². The van der Waals surface area contributed by atoms with Crippen LogP contribution < -0.4 is 10.1 Å². The average Bonchev–Trinajstić information content (AvgIpc) is 3.24. The Bertz CT molecular complexity index is 2560. The van der Waals surface area contributed by atoms with Gasteiger partial charge in [-0.3, -0.25) is 0 Å². The molecule has 0 aromatic heterocycles. The predicted octanol–water partition coefficient (Wildman–Crippen LogP) is 16.2. The minimum absolute atomic E-state index is 0.0290. The van der Waals surface area contributed by atoms with Gasteiger partial charge in [0.2, 0.25) is 0 Å². The molecule has 0 aliphatic rings. The van der Waals surface area contributed by atoms with Crippen molar-refractivity contribution in [3.63, 3.8) is 0 Å². The quantitative estimate of drug-likeness (QED) is 0.158. The van der Waals surface area contributed by atoms with Crippen molar-refractivity contribution in [2.45, 2.75) is 52.4 Å². The first kappa shape index (κ1) is 38.2. The highest BCUT2D eigenvalue weighted by molar-refractivity contribution is 5.96. The van der Waals surface area contributed by atoms with Crippen LogP contribution in [0.1, 0.15) is 52.7 Å². The monoisotopic (exact) mass is 753 g/mol. The Hall–Kier alpha value is -6.64. The predicted molar refractivity (Wildman–Crippen MR) is 247 cm³/mol. The zero-order valence-electron chi connectivity index (χ0n) is 34.4. The van der Waals surface area contributed by atoms with Gasteiger partial charge in [-0.2, -0.15) is 0 Å². The van der Waals surface area contributed by atoms with Gasteiger partial charge in [-0.1, -0.05) is 193 Å². The molecule has 0 aliphatic carbocycles. The van der Waals surface area contributed by atoms with E-state index in [1.165, 1.54) is 16.7 Å². The lowest BCUT2D eigenvalue weighted by atomic mass is 9.79. The van der Waals surface area contributed by atoms with E-state index < -0.39 is 0 Å². The summed E-state index contributed by atoms with van der Waals surface area (Å²) in [4.78, 5) is 0. The molecule has 0 unspecified atom stereocenters. The molecule has 0 radical (unpaired) electrons. The fourth-order valence-corrected chi connectivity index (χ4v) is 7.47. The summed E-state index contributed by atoms with van der Waals surface area (Å²) in [5.41, 5.74) is 15.9. The van der Waals surface area contributed by atoms with E-state index in [0.29, 0.717) is 0 Å². The summed E-state index contributed by atoms with van der Waals surface area (Å²) < 4.78 is 6.84. The topological polar surface area (TPSA) is 21.3 Å². The van der Waals surface area contributed by atoms with Gasteiger partial charge in [0.25, 0.3) is 0 Å². The van der Waals surface area contributed by atoms with E-state index in [2.05, 4.69) is 229 Å². The van der Waals surface area contributed by atoms with Crippen LogP contribution in [-0.4, -0.2) is 0 Å². The van der Waals surface area contributed by atoms with Crippen LogP contribution in [-0.2, 0) is 10.8 Å². The molecule has 0 heterocycles.